The van der Waals surface area contributed by atoms with Crippen LogP contribution in [0.3, 0.4) is 0 Å². The first-order valence-electron chi connectivity index (χ1n) is 6.53. The van der Waals surface area contributed by atoms with Crippen LogP contribution in [0.25, 0.3) is 11.5 Å². The Morgan fingerprint density at radius 1 is 1.00 bits per heavy atom. The maximum Gasteiger partial charge on any atom is 0.277 e. The number of thioether (sulfide) groups is 1. The second-order valence-electron chi connectivity index (χ2n) is 4.55. The number of nitrogens with zero attached hydrogens (tertiary/aromatic N) is 2. The zero-order valence-electron chi connectivity index (χ0n) is 11.4. The first-order chi connectivity index (χ1) is 10.2. The van der Waals surface area contributed by atoms with Gasteiger partial charge in [0.2, 0.25) is 5.89 Å². The number of hydrogen-bond acceptors (Lipinski definition) is 4. The minimum Gasteiger partial charge on any atom is -0.411 e. The Morgan fingerprint density at radius 3 is 2.43 bits per heavy atom. The second kappa shape index (κ2) is 6.45. The van der Waals surface area contributed by atoms with Gasteiger partial charge in [-0.05, 0) is 36.8 Å². The molecule has 1 atom stereocenters. The summed E-state index contributed by atoms with van der Waals surface area (Å²) in [5.74, 6) is 0.547. The first-order valence-corrected chi connectivity index (χ1v) is 8.20. The summed E-state index contributed by atoms with van der Waals surface area (Å²) in [7, 11) is 0. The summed E-state index contributed by atoms with van der Waals surface area (Å²) in [4.78, 5) is 0. The Balaban J connectivity index is 1.75. The van der Waals surface area contributed by atoms with Gasteiger partial charge >= 0.3 is 0 Å². The van der Waals surface area contributed by atoms with Crippen LogP contribution in [0.2, 0.25) is 0 Å². The topological polar surface area (TPSA) is 38.9 Å². The molecule has 2 aromatic carbocycles. The average Bonchev–Trinajstić information content (AvgIpc) is 2.97. The fraction of sp³-hybridized carbons (Fsp3) is 0.125. The van der Waals surface area contributed by atoms with Gasteiger partial charge in [0, 0.05) is 15.3 Å². The maximum atomic E-state index is 5.73. The molecule has 0 saturated carbocycles. The molecular formula is C16H13BrN2OS. The summed E-state index contributed by atoms with van der Waals surface area (Å²) in [5.41, 5.74) is 2.16. The summed E-state index contributed by atoms with van der Waals surface area (Å²) in [6.45, 7) is 2.13. The van der Waals surface area contributed by atoms with Crippen LogP contribution < -0.4 is 0 Å². The normalized spacial score (nSPS) is 12.3. The molecule has 106 valence electrons. The van der Waals surface area contributed by atoms with Gasteiger partial charge in [-0.15, -0.1) is 10.2 Å². The lowest BCUT2D eigenvalue weighted by atomic mass is 10.2. The van der Waals surface area contributed by atoms with Crippen LogP contribution in [0.15, 0.2) is 68.7 Å². The predicted octanol–water partition coefficient (Wildman–Crippen LogP) is 5.35. The zero-order valence-corrected chi connectivity index (χ0v) is 13.8. The number of halogens is 1. The standard InChI is InChI=1S/C16H13BrN2OS/c1-11(12-5-3-2-4-6-12)21-16-19-18-15(20-16)13-7-9-14(17)10-8-13/h2-11H,1H3. The molecule has 0 fully saturated rings. The van der Waals surface area contributed by atoms with E-state index in [1.165, 1.54) is 5.56 Å². The molecule has 3 aromatic rings. The summed E-state index contributed by atoms with van der Waals surface area (Å²) < 4.78 is 6.75. The van der Waals surface area contributed by atoms with Crippen molar-refractivity contribution in [3.63, 3.8) is 0 Å². The molecule has 0 radical (unpaired) electrons. The van der Waals surface area contributed by atoms with E-state index in [1.807, 2.05) is 42.5 Å². The Hall–Kier alpha value is -1.59. The van der Waals surface area contributed by atoms with Gasteiger partial charge in [-0.2, -0.15) is 0 Å². The number of benzene rings is 2. The minimum absolute atomic E-state index is 0.268. The molecule has 0 aliphatic heterocycles. The maximum absolute atomic E-state index is 5.73. The van der Waals surface area contributed by atoms with Crippen LogP contribution in [0.4, 0.5) is 0 Å². The van der Waals surface area contributed by atoms with Gasteiger partial charge in [0.25, 0.3) is 5.22 Å². The molecule has 1 aromatic heterocycles. The fourth-order valence-electron chi connectivity index (χ4n) is 1.91. The van der Waals surface area contributed by atoms with Crippen molar-refractivity contribution >= 4 is 27.7 Å². The summed E-state index contributed by atoms with van der Waals surface area (Å²) in [5, 5.41) is 9.08. The molecule has 21 heavy (non-hydrogen) atoms. The highest BCUT2D eigenvalue weighted by atomic mass is 79.9. The molecule has 0 bridgehead atoms. The van der Waals surface area contributed by atoms with Crippen molar-refractivity contribution in [1.82, 2.24) is 10.2 Å². The fourth-order valence-corrected chi connectivity index (χ4v) is 2.98. The monoisotopic (exact) mass is 360 g/mol. The Morgan fingerprint density at radius 2 is 1.71 bits per heavy atom. The van der Waals surface area contributed by atoms with Gasteiger partial charge in [-0.25, -0.2) is 0 Å². The van der Waals surface area contributed by atoms with Gasteiger partial charge in [0.1, 0.15) is 0 Å². The SMILES string of the molecule is CC(Sc1nnc(-c2ccc(Br)cc2)o1)c1ccccc1. The molecule has 0 aliphatic carbocycles. The van der Waals surface area contributed by atoms with Gasteiger partial charge < -0.3 is 4.42 Å². The van der Waals surface area contributed by atoms with Crippen molar-refractivity contribution in [2.24, 2.45) is 0 Å². The number of aromatic nitrogens is 2. The Kier molecular flexibility index (Phi) is 4.41. The summed E-state index contributed by atoms with van der Waals surface area (Å²) >= 11 is 4.98. The molecule has 0 amide bonds. The molecule has 1 unspecified atom stereocenters. The van der Waals surface area contributed by atoms with Crippen molar-refractivity contribution in [3.8, 4) is 11.5 Å². The van der Waals surface area contributed by atoms with E-state index in [9.17, 15) is 0 Å². The van der Waals surface area contributed by atoms with Crippen LogP contribution in [0.1, 0.15) is 17.7 Å². The third kappa shape index (κ3) is 3.54. The second-order valence-corrected chi connectivity index (χ2v) is 6.76. The number of rotatable bonds is 4. The van der Waals surface area contributed by atoms with Crippen LogP contribution in [0, 0.1) is 0 Å². The summed E-state index contributed by atoms with van der Waals surface area (Å²) in [6.07, 6.45) is 0. The van der Waals surface area contributed by atoms with Gasteiger partial charge in [-0.1, -0.05) is 58.0 Å². The van der Waals surface area contributed by atoms with E-state index in [1.54, 1.807) is 11.8 Å². The van der Waals surface area contributed by atoms with E-state index >= 15 is 0 Å². The van der Waals surface area contributed by atoms with Crippen molar-refractivity contribution in [1.29, 1.82) is 0 Å². The van der Waals surface area contributed by atoms with E-state index < -0.39 is 0 Å². The Bertz CT molecular complexity index is 713. The molecule has 1 heterocycles. The molecule has 3 rings (SSSR count). The van der Waals surface area contributed by atoms with E-state index in [4.69, 9.17) is 4.42 Å². The van der Waals surface area contributed by atoms with Crippen LogP contribution in [-0.4, -0.2) is 10.2 Å². The highest BCUT2D eigenvalue weighted by Crippen LogP contribution is 2.35. The molecule has 3 nitrogen and oxygen atoms in total. The lowest BCUT2D eigenvalue weighted by molar-refractivity contribution is 0.465. The molecule has 0 spiro atoms. The van der Waals surface area contributed by atoms with Gasteiger partial charge in [0.05, 0.1) is 0 Å². The van der Waals surface area contributed by atoms with E-state index in [0.717, 1.165) is 10.0 Å². The van der Waals surface area contributed by atoms with Crippen LogP contribution in [-0.2, 0) is 0 Å². The van der Waals surface area contributed by atoms with E-state index in [2.05, 4.69) is 45.2 Å². The predicted molar refractivity (Wildman–Crippen MR) is 88.1 cm³/mol. The highest BCUT2D eigenvalue weighted by molar-refractivity contribution is 9.10. The lowest BCUT2D eigenvalue weighted by Gasteiger charge is -2.07. The van der Waals surface area contributed by atoms with Crippen LogP contribution >= 0.6 is 27.7 Å². The van der Waals surface area contributed by atoms with E-state index in [0.29, 0.717) is 11.1 Å². The molecule has 0 saturated heterocycles. The van der Waals surface area contributed by atoms with Gasteiger partial charge in [0.15, 0.2) is 0 Å². The third-order valence-corrected chi connectivity index (χ3v) is 4.57. The van der Waals surface area contributed by atoms with Crippen LogP contribution in [0.5, 0.6) is 0 Å². The molecule has 5 heteroatoms. The summed E-state index contributed by atoms with van der Waals surface area (Å²) in [6, 6.07) is 18.1. The number of hydrogen-bond donors (Lipinski definition) is 0. The van der Waals surface area contributed by atoms with Gasteiger partial charge in [-0.3, -0.25) is 0 Å². The lowest BCUT2D eigenvalue weighted by Crippen LogP contribution is -1.87. The van der Waals surface area contributed by atoms with Crippen molar-refractivity contribution in [2.75, 3.05) is 0 Å². The Labute approximate surface area is 135 Å². The van der Waals surface area contributed by atoms with Crippen molar-refractivity contribution in [2.45, 2.75) is 17.4 Å². The first kappa shape index (κ1) is 14.4. The molecule has 0 aliphatic rings. The zero-order chi connectivity index (χ0) is 14.7. The highest BCUT2D eigenvalue weighted by Gasteiger charge is 2.13. The largest absolute Gasteiger partial charge is 0.411 e. The molecular weight excluding hydrogens is 348 g/mol. The van der Waals surface area contributed by atoms with Crippen molar-refractivity contribution in [3.05, 3.63) is 64.6 Å². The smallest absolute Gasteiger partial charge is 0.277 e. The average molecular weight is 361 g/mol. The molecule has 0 N–H and O–H groups in total. The minimum atomic E-state index is 0.268. The van der Waals surface area contributed by atoms with Crippen molar-refractivity contribution < 1.29 is 4.42 Å². The third-order valence-electron chi connectivity index (χ3n) is 3.04. The quantitative estimate of drug-likeness (QED) is 0.587. The van der Waals surface area contributed by atoms with E-state index in [-0.39, 0.29) is 5.25 Å².